The van der Waals surface area contributed by atoms with Crippen LogP contribution in [0, 0.1) is 12.8 Å². The van der Waals surface area contributed by atoms with Crippen molar-refractivity contribution in [3.63, 3.8) is 0 Å². The minimum atomic E-state index is -0.201. The maximum Gasteiger partial charge on any atom is 0.119 e. The van der Waals surface area contributed by atoms with Gasteiger partial charge >= 0.3 is 0 Å². The van der Waals surface area contributed by atoms with Crippen LogP contribution >= 0.6 is 0 Å². The van der Waals surface area contributed by atoms with Crippen LogP contribution in [0.3, 0.4) is 0 Å². The molecule has 1 aliphatic rings. The maximum absolute atomic E-state index is 10.1. The molecule has 0 bridgehead atoms. The van der Waals surface area contributed by atoms with E-state index in [-0.39, 0.29) is 6.10 Å². The van der Waals surface area contributed by atoms with E-state index in [1.54, 1.807) is 0 Å². The normalized spacial score (nSPS) is 18.2. The SMILES string of the molecule is Cc1cccc(OCCC(O)CC2CCCCC2)c1. The van der Waals surface area contributed by atoms with Gasteiger partial charge in [-0.15, -0.1) is 0 Å². The van der Waals surface area contributed by atoms with Crippen molar-refractivity contribution in [3.05, 3.63) is 29.8 Å². The third kappa shape index (κ3) is 5.23. The fraction of sp³-hybridized carbons (Fsp3) is 0.647. The Morgan fingerprint density at radius 3 is 2.79 bits per heavy atom. The highest BCUT2D eigenvalue weighted by atomic mass is 16.5. The standard InChI is InChI=1S/C17H26O2/c1-14-6-5-9-17(12-14)19-11-10-16(18)13-15-7-3-2-4-8-15/h5-6,9,12,15-16,18H,2-4,7-8,10-11,13H2,1H3. The van der Waals surface area contributed by atoms with Gasteiger partial charge in [0.1, 0.15) is 5.75 Å². The molecule has 1 aromatic rings. The summed E-state index contributed by atoms with van der Waals surface area (Å²) in [4.78, 5) is 0. The van der Waals surface area contributed by atoms with Gasteiger partial charge in [-0.25, -0.2) is 0 Å². The zero-order valence-electron chi connectivity index (χ0n) is 12.0. The highest BCUT2D eigenvalue weighted by Gasteiger charge is 2.17. The molecular formula is C17H26O2. The maximum atomic E-state index is 10.1. The molecule has 1 aromatic carbocycles. The minimum absolute atomic E-state index is 0.201. The molecule has 0 aliphatic heterocycles. The molecule has 0 amide bonds. The van der Waals surface area contributed by atoms with Crippen LogP contribution in [0.1, 0.15) is 50.5 Å². The highest BCUT2D eigenvalue weighted by molar-refractivity contribution is 5.27. The third-order valence-electron chi connectivity index (χ3n) is 4.04. The first-order valence-electron chi connectivity index (χ1n) is 7.61. The number of aliphatic hydroxyl groups excluding tert-OH is 1. The summed E-state index contributed by atoms with van der Waals surface area (Å²) in [7, 11) is 0. The summed E-state index contributed by atoms with van der Waals surface area (Å²) < 4.78 is 5.69. The van der Waals surface area contributed by atoms with Gasteiger partial charge in [0.05, 0.1) is 12.7 Å². The average molecular weight is 262 g/mol. The Morgan fingerprint density at radius 2 is 2.05 bits per heavy atom. The second kappa shape index (κ2) is 7.54. The molecule has 2 heteroatoms. The highest BCUT2D eigenvalue weighted by Crippen LogP contribution is 2.27. The molecule has 106 valence electrons. The molecule has 0 heterocycles. The number of hydrogen-bond acceptors (Lipinski definition) is 2. The van der Waals surface area contributed by atoms with Gasteiger partial charge in [-0.05, 0) is 37.0 Å². The molecule has 1 N–H and O–H groups in total. The van der Waals surface area contributed by atoms with Gasteiger partial charge in [-0.2, -0.15) is 0 Å². The molecule has 1 fully saturated rings. The Kier molecular flexibility index (Phi) is 5.71. The summed E-state index contributed by atoms with van der Waals surface area (Å²) in [6.45, 7) is 2.67. The Hall–Kier alpha value is -1.02. The summed E-state index contributed by atoms with van der Waals surface area (Å²) in [6, 6.07) is 8.07. The number of benzene rings is 1. The first kappa shape index (κ1) is 14.4. The molecular weight excluding hydrogens is 236 g/mol. The van der Waals surface area contributed by atoms with Crippen molar-refractivity contribution in [1.29, 1.82) is 0 Å². The first-order valence-corrected chi connectivity index (χ1v) is 7.61. The summed E-state index contributed by atoms with van der Waals surface area (Å²) in [5.41, 5.74) is 1.21. The van der Waals surface area contributed by atoms with Crippen molar-refractivity contribution in [2.45, 2.75) is 58.0 Å². The van der Waals surface area contributed by atoms with E-state index < -0.39 is 0 Å². The number of hydrogen-bond donors (Lipinski definition) is 1. The quantitative estimate of drug-likeness (QED) is 0.836. The average Bonchev–Trinajstić information content (AvgIpc) is 2.40. The molecule has 0 spiro atoms. The Bertz CT molecular complexity index is 369. The Morgan fingerprint density at radius 1 is 1.26 bits per heavy atom. The van der Waals surface area contributed by atoms with Crippen LogP contribution < -0.4 is 4.74 Å². The molecule has 0 saturated heterocycles. The van der Waals surface area contributed by atoms with E-state index in [0.717, 1.165) is 24.5 Å². The lowest BCUT2D eigenvalue weighted by Gasteiger charge is -2.24. The Labute approximate surface area is 116 Å². The predicted molar refractivity (Wildman–Crippen MR) is 78.5 cm³/mol. The molecule has 0 radical (unpaired) electrons. The van der Waals surface area contributed by atoms with Crippen LogP contribution in [-0.4, -0.2) is 17.8 Å². The second-order valence-electron chi connectivity index (χ2n) is 5.85. The fourth-order valence-corrected chi connectivity index (χ4v) is 2.94. The molecule has 1 unspecified atom stereocenters. The van der Waals surface area contributed by atoms with Gasteiger partial charge in [0.25, 0.3) is 0 Å². The first-order chi connectivity index (χ1) is 9.24. The van der Waals surface area contributed by atoms with E-state index in [2.05, 4.69) is 13.0 Å². The lowest BCUT2D eigenvalue weighted by molar-refractivity contribution is 0.104. The van der Waals surface area contributed by atoms with Crippen LogP contribution in [0.15, 0.2) is 24.3 Å². The van der Waals surface area contributed by atoms with Gasteiger partial charge in [0.15, 0.2) is 0 Å². The number of ether oxygens (including phenoxy) is 1. The van der Waals surface area contributed by atoms with Gasteiger partial charge in [0, 0.05) is 6.42 Å². The van der Waals surface area contributed by atoms with Crippen molar-refractivity contribution in [3.8, 4) is 5.75 Å². The van der Waals surface area contributed by atoms with Gasteiger partial charge in [0.2, 0.25) is 0 Å². The van der Waals surface area contributed by atoms with Crippen LogP contribution in [0.4, 0.5) is 0 Å². The van der Waals surface area contributed by atoms with Crippen molar-refractivity contribution in [1.82, 2.24) is 0 Å². The molecule has 0 aromatic heterocycles. The molecule has 1 aliphatic carbocycles. The largest absolute Gasteiger partial charge is 0.493 e. The minimum Gasteiger partial charge on any atom is -0.493 e. The Balaban J connectivity index is 1.64. The van der Waals surface area contributed by atoms with Crippen molar-refractivity contribution in [2.75, 3.05) is 6.61 Å². The van der Waals surface area contributed by atoms with Crippen LogP contribution in [0.25, 0.3) is 0 Å². The van der Waals surface area contributed by atoms with E-state index in [4.69, 9.17) is 4.74 Å². The van der Waals surface area contributed by atoms with E-state index in [0.29, 0.717) is 6.61 Å². The smallest absolute Gasteiger partial charge is 0.119 e. The predicted octanol–water partition coefficient (Wildman–Crippen LogP) is 4.10. The second-order valence-corrected chi connectivity index (χ2v) is 5.85. The van der Waals surface area contributed by atoms with Gasteiger partial charge in [-0.3, -0.25) is 0 Å². The van der Waals surface area contributed by atoms with Crippen molar-refractivity contribution in [2.24, 2.45) is 5.92 Å². The number of aryl methyl sites for hydroxylation is 1. The number of rotatable bonds is 6. The van der Waals surface area contributed by atoms with E-state index >= 15 is 0 Å². The summed E-state index contributed by atoms with van der Waals surface area (Å²) in [5.74, 6) is 1.65. The van der Waals surface area contributed by atoms with Crippen molar-refractivity contribution < 1.29 is 9.84 Å². The van der Waals surface area contributed by atoms with Gasteiger partial charge < -0.3 is 9.84 Å². The molecule has 2 nitrogen and oxygen atoms in total. The van der Waals surface area contributed by atoms with E-state index in [9.17, 15) is 5.11 Å². The third-order valence-corrected chi connectivity index (χ3v) is 4.04. The monoisotopic (exact) mass is 262 g/mol. The van der Waals surface area contributed by atoms with Crippen molar-refractivity contribution >= 4 is 0 Å². The fourth-order valence-electron chi connectivity index (χ4n) is 2.94. The lowest BCUT2D eigenvalue weighted by atomic mass is 9.85. The molecule has 19 heavy (non-hydrogen) atoms. The summed E-state index contributed by atoms with van der Waals surface area (Å²) >= 11 is 0. The summed E-state index contributed by atoms with van der Waals surface area (Å²) in [6.07, 6.45) is 8.16. The molecule has 2 rings (SSSR count). The molecule has 1 atom stereocenters. The zero-order valence-corrected chi connectivity index (χ0v) is 12.0. The van der Waals surface area contributed by atoms with E-state index in [1.165, 1.54) is 37.7 Å². The zero-order chi connectivity index (χ0) is 13.5. The van der Waals surface area contributed by atoms with Crippen LogP contribution in [0.2, 0.25) is 0 Å². The lowest BCUT2D eigenvalue weighted by Crippen LogP contribution is -2.18. The van der Waals surface area contributed by atoms with E-state index in [1.807, 2.05) is 18.2 Å². The molecule has 1 saturated carbocycles. The van der Waals surface area contributed by atoms with Crippen LogP contribution in [0.5, 0.6) is 5.75 Å². The summed E-state index contributed by atoms with van der Waals surface area (Å²) in [5, 5.41) is 10.1. The topological polar surface area (TPSA) is 29.5 Å². The number of aliphatic hydroxyl groups is 1. The van der Waals surface area contributed by atoms with Crippen LogP contribution in [-0.2, 0) is 0 Å². The van der Waals surface area contributed by atoms with Gasteiger partial charge in [-0.1, -0.05) is 44.2 Å².